The summed E-state index contributed by atoms with van der Waals surface area (Å²) in [5.41, 5.74) is 2.17. The van der Waals surface area contributed by atoms with Gasteiger partial charge in [-0.15, -0.1) is 11.3 Å². The molecule has 3 heterocycles. The van der Waals surface area contributed by atoms with E-state index in [1.165, 1.54) is 24.5 Å². The van der Waals surface area contributed by atoms with E-state index in [9.17, 15) is 29.2 Å². The second-order valence-corrected chi connectivity index (χ2v) is 11.9. The molecule has 4 unspecified atom stereocenters. The number of carbonyl (C=O) groups excluding carboxylic acids is 2. The Labute approximate surface area is 275 Å². The molecule has 0 bridgehead atoms. The molecule has 248 valence electrons. The standard InChI is InChI=1S/C30H35B2N3O11S/c1-44-35-29(30(41)34-25-11-5-9-22(16-28(39)40)46-32(25)43)23-14-20(17-47-23)19-7-4-6-18(12-19)13-26(36)33-24-10-3-2-8-21(15-27(37)38)45-31(24)42/h2-7,9,12,14,17,21-22,24-25,42-43H,8,10-11,13,15-16H2,1H3,(H,33,36)(H,34,41)(H,37,38)(H,39,40). The average Bonchev–Trinajstić information content (AvgIpc) is 3.42. The second kappa shape index (κ2) is 17.0. The molecule has 4 atom stereocenters. The van der Waals surface area contributed by atoms with Crippen molar-refractivity contribution in [1.82, 2.24) is 10.6 Å². The molecule has 2 aromatic rings. The van der Waals surface area contributed by atoms with E-state index in [1.807, 2.05) is 17.5 Å². The van der Waals surface area contributed by atoms with Gasteiger partial charge in [-0.1, -0.05) is 53.7 Å². The first-order valence-electron chi connectivity index (χ1n) is 14.8. The Morgan fingerprint density at radius 1 is 0.936 bits per heavy atom. The van der Waals surface area contributed by atoms with E-state index in [0.29, 0.717) is 23.3 Å². The molecule has 6 N–H and O–H groups in total. The van der Waals surface area contributed by atoms with Crippen molar-refractivity contribution in [3.8, 4) is 11.1 Å². The minimum absolute atomic E-state index is 0.00265. The van der Waals surface area contributed by atoms with Crippen molar-refractivity contribution < 1.29 is 53.6 Å². The Bertz CT molecular complexity index is 1530. The molecule has 0 radical (unpaired) electrons. The zero-order chi connectivity index (χ0) is 33.9. The molecule has 4 rings (SSSR count). The van der Waals surface area contributed by atoms with Gasteiger partial charge in [0.15, 0.2) is 5.71 Å². The number of hydrogen-bond donors (Lipinski definition) is 6. The highest BCUT2D eigenvalue weighted by atomic mass is 32.1. The fraction of sp³-hybridized carbons (Fsp3) is 0.367. The normalized spacial score (nSPS) is 21.7. The molecule has 2 amide bonds. The van der Waals surface area contributed by atoms with Gasteiger partial charge in [0.2, 0.25) is 5.91 Å². The zero-order valence-electron chi connectivity index (χ0n) is 25.5. The molecule has 1 aromatic heterocycles. The number of carboxylic acids is 2. The highest BCUT2D eigenvalue weighted by Gasteiger charge is 2.34. The molecule has 0 spiro atoms. The minimum atomic E-state index is -1.45. The van der Waals surface area contributed by atoms with Gasteiger partial charge < -0.3 is 45.0 Å². The highest BCUT2D eigenvalue weighted by molar-refractivity contribution is 7.13. The Balaban J connectivity index is 1.39. The first-order valence-corrected chi connectivity index (χ1v) is 15.7. The van der Waals surface area contributed by atoms with Crippen LogP contribution in [0.1, 0.15) is 42.5 Å². The molecule has 47 heavy (non-hydrogen) atoms. The summed E-state index contributed by atoms with van der Waals surface area (Å²) < 4.78 is 10.9. The largest absolute Gasteiger partial charge is 0.481 e. The van der Waals surface area contributed by atoms with Crippen molar-refractivity contribution in [3.63, 3.8) is 0 Å². The predicted octanol–water partition coefficient (Wildman–Crippen LogP) is 1.35. The number of nitrogens with zero attached hydrogens (tertiary/aromatic N) is 1. The van der Waals surface area contributed by atoms with Gasteiger partial charge in [-0.2, -0.15) is 0 Å². The third kappa shape index (κ3) is 10.6. The summed E-state index contributed by atoms with van der Waals surface area (Å²) in [5, 5.41) is 50.2. The molecule has 14 nitrogen and oxygen atoms in total. The van der Waals surface area contributed by atoms with Crippen LogP contribution in [0, 0.1) is 0 Å². The minimum Gasteiger partial charge on any atom is -0.481 e. The number of nitrogens with one attached hydrogen (secondary N) is 2. The lowest BCUT2D eigenvalue weighted by Gasteiger charge is -2.25. The lowest BCUT2D eigenvalue weighted by atomic mass is 9.75. The van der Waals surface area contributed by atoms with Crippen molar-refractivity contribution in [2.75, 3.05) is 7.11 Å². The zero-order valence-corrected chi connectivity index (χ0v) is 26.3. The third-order valence-corrected chi connectivity index (χ3v) is 8.26. The first kappa shape index (κ1) is 35.6. The van der Waals surface area contributed by atoms with E-state index in [1.54, 1.807) is 36.4 Å². The SMILES string of the molecule is CON=C(C(=O)NC1CC=CC(CC(=O)O)OB1O)c1cc(-c2cccc(CC(=O)NC3CC=CCC(CC(=O)O)OB3O)c2)cs1. The van der Waals surface area contributed by atoms with Gasteiger partial charge in [-0.25, -0.2) is 0 Å². The summed E-state index contributed by atoms with van der Waals surface area (Å²) in [5.74, 6) is -4.73. The van der Waals surface area contributed by atoms with Gasteiger partial charge in [0.1, 0.15) is 7.11 Å². The van der Waals surface area contributed by atoms with Gasteiger partial charge in [0.25, 0.3) is 5.91 Å². The number of amides is 2. The number of carbonyl (C=O) groups is 4. The highest BCUT2D eigenvalue weighted by Crippen LogP contribution is 2.27. The summed E-state index contributed by atoms with van der Waals surface area (Å²) in [4.78, 5) is 53.7. The summed E-state index contributed by atoms with van der Waals surface area (Å²) in [7, 11) is -1.52. The van der Waals surface area contributed by atoms with Gasteiger partial charge in [0, 0.05) is 0 Å². The Morgan fingerprint density at radius 3 is 2.38 bits per heavy atom. The van der Waals surface area contributed by atoms with Crippen molar-refractivity contribution in [3.05, 3.63) is 70.5 Å². The van der Waals surface area contributed by atoms with E-state index >= 15 is 0 Å². The fourth-order valence-electron chi connectivity index (χ4n) is 5.08. The topological polar surface area (TPSA) is 213 Å². The molecule has 2 aliphatic heterocycles. The van der Waals surface area contributed by atoms with Gasteiger partial charge >= 0.3 is 26.2 Å². The van der Waals surface area contributed by atoms with Gasteiger partial charge in [0.05, 0.1) is 48.2 Å². The molecular weight excluding hydrogens is 632 g/mol. The maximum absolute atomic E-state index is 13.2. The van der Waals surface area contributed by atoms with Crippen LogP contribution in [-0.4, -0.2) is 95.2 Å². The number of benzene rings is 1. The summed E-state index contributed by atoms with van der Waals surface area (Å²) in [6.07, 6.45) is 5.44. The van der Waals surface area contributed by atoms with E-state index in [4.69, 9.17) is 24.4 Å². The number of carboxylic acid groups (broad SMARTS) is 2. The summed E-state index contributed by atoms with van der Waals surface area (Å²) in [6.45, 7) is 0. The number of aliphatic carboxylic acids is 2. The van der Waals surface area contributed by atoms with Crippen LogP contribution >= 0.6 is 11.3 Å². The van der Waals surface area contributed by atoms with Crippen LogP contribution in [-0.2, 0) is 39.7 Å². The number of rotatable bonds is 12. The van der Waals surface area contributed by atoms with Crippen LogP contribution in [0.5, 0.6) is 0 Å². The smallest absolute Gasteiger partial charge is 0.478 e. The second-order valence-electron chi connectivity index (χ2n) is 11.0. The molecule has 2 aliphatic rings. The van der Waals surface area contributed by atoms with Crippen molar-refractivity contribution in [2.45, 2.75) is 62.6 Å². The van der Waals surface area contributed by atoms with Crippen LogP contribution in [0.4, 0.5) is 0 Å². The molecule has 17 heteroatoms. The summed E-state index contributed by atoms with van der Waals surface area (Å²) >= 11 is 1.24. The number of thiophene rings is 1. The molecule has 1 aromatic carbocycles. The Morgan fingerprint density at radius 2 is 1.64 bits per heavy atom. The quantitative estimate of drug-likeness (QED) is 0.0823. The van der Waals surface area contributed by atoms with Crippen LogP contribution in [0.15, 0.2) is 65.2 Å². The first-order chi connectivity index (χ1) is 22.5. The van der Waals surface area contributed by atoms with Crippen LogP contribution < -0.4 is 10.6 Å². The van der Waals surface area contributed by atoms with Crippen LogP contribution in [0.25, 0.3) is 11.1 Å². The monoisotopic (exact) mass is 667 g/mol. The predicted molar refractivity (Wildman–Crippen MR) is 173 cm³/mol. The molecular formula is C30H35B2N3O11S. The number of hydrogen-bond acceptors (Lipinski definition) is 11. The maximum atomic E-state index is 13.2. The third-order valence-electron chi connectivity index (χ3n) is 7.33. The molecule has 0 fully saturated rings. The van der Waals surface area contributed by atoms with Crippen molar-refractivity contribution in [2.24, 2.45) is 5.16 Å². The van der Waals surface area contributed by atoms with E-state index in [0.717, 1.165) is 11.1 Å². The molecule has 0 aliphatic carbocycles. The summed E-state index contributed by atoms with van der Waals surface area (Å²) in [6, 6.07) is 8.99. The molecule has 0 saturated heterocycles. The van der Waals surface area contributed by atoms with Crippen LogP contribution in [0.3, 0.4) is 0 Å². The average molecular weight is 667 g/mol. The maximum Gasteiger partial charge on any atom is 0.478 e. The van der Waals surface area contributed by atoms with Gasteiger partial charge in [-0.3, -0.25) is 19.2 Å². The van der Waals surface area contributed by atoms with Gasteiger partial charge in [-0.05, 0) is 47.4 Å². The number of oxime groups is 1. The van der Waals surface area contributed by atoms with E-state index in [2.05, 4.69) is 15.8 Å². The van der Waals surface area contributed by atoms with Crippen LogP contribution in [0.2, 0.25) is 0 Å². The fourth-order valence-corrected chi connectivity index (χ4v) is 5.98. The van der Waals surface area contributed by atoms with E-state index < -0.39 is 56.2 Å². The van der Waals surface area contributed by atoms with Crippen molar-refractivity contribution >= 4 is 55.0 Å². The Hall–Kier alpha value is -4.28. The van der Waals surface area contributed by atoms with Crippen molar-refractivity contribution in [1.29, 1.82) is 0 Å². The van der Waals surface area contributed by atoms with E-state index in [-0.39, 0.29) is 37.3 Å². The Kier molecular flexibility index (Phi) is 12.9. The molecule has 0 saturated carbocycles. The lowest BCUT2D eigenvalue weighted by molar-refractivity contribution is -0.139. The lowest BCUT2D eigenvalue weighted by Crippen LogP contribution is -2.50.